The number of amides is 1. The molecule has 1 aliphatic rings. The van der Waals surface area contributed by atoms with Gasteiger partial charge in [0, 0.05) is 17.7 Å². The lowest BCUT2D eigenvalue weighted by Gasteiger charge is -2.31. The Morgan fingerprint density at radius 2 is 2.21 bits per heavy atom. The summed E-state index contributed by atoms with van der Waals surface area (Å²) in [5, 5.41) is 13.7. The normalized spacial score (nSPS) is 16.5. The fourth-order valence-electron chi connectivity index (χ4n) is 2.14. The maximum atomic E-state index is 12.0. The summed E-state index contributed by atoms with van der Waals surface area (Å²) in [4.78, 5) is 22.2. The van der Waals surface area contributed by atoms with Crippen LogP contribution < -0.4 is 5.32 Å². The zero-order valence-corrected chi connectivity index (χ0v) is 11.3. The van der Waals surface area contributed by atoms with Crippen molar-refractivity contribution in [2.75, 3.05) is 0 Å². The Labute approximate surface area is 116 Å². The van der Waals surface area contributed by atoms with E-state index in [4.69, 9.17) is 11.6 Å². The number of halogens is 1. The van der Waals surface area contributed by atoms with Gasteiger partial charge in [0.1, 0.15) is 5.02 Å². The molecule has 2 rings (SSSR count). The van der Waals surface area contributed by atoms with Crippen LogP contribution in [0.15, 0.2) is 18.2 Å². The Morgan fingerprint density at radius 3 is 2.74 bits per heavy atom. The Hall–Kier alpha value is -1.62. The first-order valence-corrected chi connectivity index (χ1v) is 6.61. The van der Waals surface area contributed by atoms with Gasteiger partial charge < -0.3 is 5.32 Å². The van der Waals surface area contributed by atoms with Gasteiger partial charge in [0.25, 0.3) is 11.6 Å². The molecular weight excluding hydrogens is 268 g/mol. The van der Waals surface area contributed by atoms with E-state index in [0.29, 0.717) is 5.92 Å². The van der Waals surface area contributed by atoms with Crippen molar-refractivity contribution in [3.05, 3.63) is 38.9 Å². The summed E-state index contributed by atoms with van der Waals surface area (Å²) >= 11 is 5.71. The fourth-order valence-corrected chi connectivity index (χ4v) is 2.33. The highest BCUT2D eigenvalue weighted by Crippen LogP contribution is 2.30. The van der Waals surface area contributed by atoms with Crippen LogP contribution >= 0.6 is 11.6 Å². The molecule has 6 heteroatoms. The second-order valence-corrected chi connectivity index (χ2v) is 5.28. The van der Waals surface area contributed by atoms with E-state index in [2.05, 4.69) is 5.32 Å². The minimum absolute atomic E-state index is 0.0357. The summed E-state index contributed by atoms with van der Waals surface area (Å²) in [6, 6.07) is 4.18. The quantitative estimate of drug-likeness (QED) is 0.681. The van der Waals surface area contributed by atoms with E-state index >= 15 is 0 Å². The number of benzene rings is 1. The number of carbonyl (C=O) groups is 1. The molecule has 1 aromatic carbocycles. The zero-order chi connectivity index (χ0) is 14.0. The summed E-state index contributed by atoms with van der Waals surface area (Å²) in [7, 11) is 0. The van der Waals surface area contributed by atoms with E-state index in [-0.39, 0.29) is 28.2 Å². The van der Waals surface area contributed by atoms with Crippen LogP contribution in [0.5, 0.6) is 0 Å². The molecular formula is C13H15ClN2O3. The van der Waals surface area contributed by atoms with Gasteiger partial charge in [0.05, 0.1) is 4.92 Å². The first kappa shape index (κ1) is 13.8. The summed E-state index contributed by atoms with van der Waals surface area (Å²) in [6.45, 7) is 1.96. The second-order valence-electron chi connectivity index (χ2n) is 4.88. The minimum Gasteiger partial charge on any atom is -0.349 e. The summed E-state index contributed by atoms with van der Waals surface area (Å²) < 4.78 is 0. The molecule has 0 aromatic heterocycles. The SMILES string of the molecule is CC(NC(=O)c1ccc(Cl)c([N+](=O)[O-])c1)C1CCC1. The molecule has 19 heavy (non-hydrogen) atoms. The molecule has 5 nitrogen and oxygen atoms in total. The molecule has 102 valence electrons. The third-order valence-corrected chi connectivity index (χ3v) is 3.94. The molecule has 1 aliphatic carbocycles. The Balaban J connectivity index is 2.10. The van der Waals surface area contributed by atoms with Crippen molar-refractivity contribution in [2.24, 2.45) is 5.92 Å². The predicted molar refractivity (Wildman–Crippen MR) is 72.4 cm³/mol. The predicted octanol–water partition coefficient (Wildman–Crippen LogP) is 3.17. The number of nitro groups is 1. The number of carbonyl (C=O) groups excluding carboxylic acids is 1. The zero-order valence-electron chi connectivity index (χ0n) is 10.6. The number of nitro benzene ring substituents is 1. The molecule has 0 saturated heterocycles. The molecule has 1 aromatic rings. The van der Waals surface area contributed by atoms with Crippen LogP contribution in [0, 0.1) is 16.0 Å². The van der Waals surface area contributed by atoms with Gasteiger partial charge >= 0.3 is 0 Å². The average Bonchev–Trinajstić information content (AvgIpc) is 2.26. The molecule has 1 N–H and O–H groups in total. The largest absolute Gasteiger partial charge is 0.349 e. The lowest BCUT2D eigenvalue weighted by atomic mass is 9.80. The highest BCUT2D eigenvalue weighted by molar-refractivity contribution is 6.32. The molecule has 0 bridgehead atoms. The van der Waals surface area contributed by atoms with Gasteiger partial charge in [-0.3, -0.25) is 14.9 Å². The van der Waals surface area contributed by atoms with Crippen LogP contribution in [0.4, 0.5) is 5.69 Å². The second kappa shape index (κ2) is 5.57. The number of hydrogen-bond acceptors (Lipinski definition) is 3. The van der Waals surface area contributed by atoms with Crippen LogP contribution in [0.3, 0.4) is 0 Å². The molecule has 0 aliphatic heterocycles. The van der Waals surface area contributed by atoms with E-state index in [9.17, 15) is 14.9 Å². The Morgan fingerprint density at radius 1 is 1.53 bits per heavy atom. The van der Waals surface area contributed by atoms with Crippen molar-refractivity contribution in [1.29, 1.82) is 0 Å². The van der Waals surface area contributed by atoms with E-state index < -0.39 is 4.92 Å². The third-order valence-electron chi connectivity index (χ3n) is 3.62. The fraction of sp³-hybridized carbons (Fsp3) is 0.462. The molecule has 1 amide bonds. The van der Waals surface area contributed by atoms with Crippen molar-refractivity contribution < 1.29 is 9.72 Å². The average molecular weight is 283 g/mol. The first-order chi connectivity index (χ1) is 8.99. The summed E-state index contributed by atoms with van der Waals surface area (Å²) in [5.41, 5.74) is 0.0212. The lowest BCUT2D eigenvalue weighted by molar-refractivity contribution is -0.384. The Kier molecular flexibility index (Phi) is 4.04. The maximum absolute atomic E-state index is 12.0. The standard InChI is InChI=1S/C13H15ClN2O3/c1-8(9-3-2-4-9)15-13(17)10-5-6-11(14)12(7-10)16(18)19/h5-9H,2-4H2,1H3,(H,15,17). The van der Waals surface area contributed by atoms with Crippen molar-refractivity contribution >= 4 is 23.2 Å². The van der Waals surface area contributed by atoms with E-state index in [1.54, 1.807) is 0 Å². The molecule has 1 atom stereocenters. The number of rotatable bonds is 4. The third kappa shape index (κ3) is 3.04. The topological polar surface area (TPSA) is 72.2 Å². The van der Waals surface area contributed by atoms with Gasteiger partial charge in [-0.2, -0.15) is 0 Å². The Bertz CT molecular complexity index is 515. The van der Waals surface area contributed by atoms with Gasteiger partial charge in [-0.15, -0.1) is 0 Å². The minimum atomic E-state index is -0.589. The molecule has 1 saturated carbocycles. The monoisotopic (exact) mass is 282 g/mol. The summed E-state index contributed by atoms with van der Waals surface area (Å²) in [6.07, 6.45) is 3.46. The van der Waals surface area contributed by atoms with Gasteiger partial charge in [-0.1, -0.05) is 18.0 Å². The van der Waals surface area contributed by atoms with Crippen LogP contribution in [0.25, 0.3) is 0 Å². The first-order valence-electron chi connectivity index (χ1n) is 6.24. The van der Waals surface area contributed by atoms with Crippen molar-refractivity contribution in [3.8, 4) is 0 Å². The van der Waals surface area contributed by atoms with E-state index in [1.807, 2.05) is 6.92 Å². The van der Waals surface area contributed by atoms with Gasteiger partial charge in [-0.05, 0) is 37.8 Å². The van der Waals surface area contributed by atoms with Crippen molar-refractivity contribution in [3.63, 3.8) is 0 Å². The van der Waals surface area contributed by atoms with Crippen LogP contribution in [0.1, 0.15) is 36.5 Å². The molecule has 1 fully saturated rings. The van der Waals surface area contributed by atoms with E-state index in [1.165, 1.54) is 24.6 Å². The summed E-state index contributed by atoms with van der Waals surface area (Å²) in [5.74, 6) is 0.227. The number of nitrogens with one attached hydrogen (secondary N) is 1. The van der Waals surface area contributed by atoms with Gasteiger partial charge in [0.15, 0.2) is 0 Å². The van der Waals surface area contributed by atoms with Crippen LogP contribution in [0.2, 0.25) is 5.02 Å². The van der Waals surface area contributed by atoms with Crippen LogP contribution in [-0.2, 0) is 0 Å². The van der Waals surface area contributed by atoms with Crippen LogP contribution in [-0.4, -0.2) is 16.9 Å². The smallest absolute Gasteiger partial charge is 0.288 e. The highest BCUT2D eigenvalue weighted by Gasteiger charge is 2.25. The maximum Gasteiger partial charge on any atom is 0.288 e. The lowest BCUT2D eigenvalue weighted by Crippen LogP contribution is -2.40. The molecule has 0 radical (unpaired) electrons. The van der Waals surface area contributed by atoms with Crippen molar-refractivity contribution in [2.45, 2.75) is 32.2 Å². The number of hydrogen-bond donors (Lipinski definition) is 1. The molecule has 0 heterocycles. The van der Waals surface area contributed by atoms with E-state index in [0.717, 1.165) is 12.8 Å². The van der Waals surface area contributed by atoms with Gasteiger partial charge in [-0.25, -0.2) is 0 Å². The van der Waals surface area contributed by atoms with Crippen molar-refractivity contribution in [1.82, 2.24) is 5.32 Å². The molecule has 1 unspecified atom stereocenters. The highest BCUT2D eigenvalue weighted by atomic mass is 35.5. The van der Waals surface area contributed by atoms with Gasteiger partial charge in [0.2, 0.25) is 0 Å². The molecule has 0 spiro atoms. The number of nitrogens with zero attached hydrogens (tertiary/aromatic N) is 1.